The molecule has 108 valence electrons. The van der Waals surface area contributed by atoms with Crippen molar-refractivity contribution in [3.63, 3.8) is 0 Å². The summed E-state index contributed by atoms with van der Waals surface area (Å²) < 4.78 is 13.1. The highest BCUT2D eigenvalue weighted by atomic mass is 19.1. The van der Waals surface area contributed by atoms with Gasteiger partial charge >= 0.3 is 0 Å². The fourth-order valence-corrected chi connectivity index (χ4v) is 2.55. The predicted octanol–water partition coefficient (Wildman–Crippen LogP) is 2.88. The second-order valence-electron chi connectivity index (χ2n) is 5.03. The molecular formula is C16H17FN4. The number of hydrogen-bond donors (Lipinski definition) is 1. The van der Waals surface area contributed by atoms with E-state index in [0.717, 1.165) is 29.8 Å². The van der Waals surface area contributed by atoms with Crippen molar-refractivity contribution in [2.75, 3.05) is 11.6 Å². The molecule has 1 aliphatic heterocycles. The lowest BCUT2D eigenvalue weighted by Gasteiger charge is -2.23. The molecule has 1 atom stereocenters. The van der Waals surface area contributed by atoms with Crippen molar-refractivity contribution in [3.8, 4) is 0 Å². The standard InChI is InChI=1S/C16H17FN4/c17-13-3-5-15(6-4-13)21-16(10-14(20-21)7-8-18)12-2-1-9-19-11-12/h1-6,9,11,16H,7-8,10,18H2. The summed E-state index contributed by atoms with van der Waals surface area (Å²) in [4.78, 5) is 4.18. The Morgan fingerprint density at radius 2 is 2.05 bits per heavy atom. The molecule has 0 saturated heterocycles. The van der Waals surface area contributed by atoms with E-state index in [1.807, 2.05) is 23.3 Å². The minimum absolute atomic E-state index is 0.0886. The number of halogens is 1. The van der Waals surface area contributed by atoms with E-state index < -0.39 is 0 Å². The van der Waals surface area contributed by atoms with Gasteiger partial charge in [-0.15, -0.1) is 0 Å². The van der Waals surface area contributed by atoms with Crippen LogP contribution in [0, 0.1) is 5.82 Å². The van der Waals surface area contributed by atoms with Crippen LogP contribution in [0.3, 0.4) is 0 Å². The van der Waals surface area contributed by atoms with E-state index in [1.165, 1.54) is 12.1 Å². The number of anilines is 1. The molecule has 1 aromatic heterocycles. The molecule has 3 rings (SSSR count). The van der Waals surface area contributed by atoms with E-state index in [2.05, 4.69) is 10.1 Å². The predicted molar refractivity (Wildman–Crippen MR) is 81.6 cm³/mol. The highest BCUT2D eigenvalue weighted by molar-refractivity contribution is 5.89. The molecule has 0 amide bonds. The molecular weight excluding hydrogens is 267 g/mol. The molecule has 1 aromatic carbocycles. The van der Waals surface area contributed by atoms with Crippen molar-refractivity contribution >= 4 is 11.4 Å². The zero-order valence-electron chi connectivity index (χ0n) is 11.6. The van der Waals surface area contributed by atoms with Gasteiger partial charge in [0.15, 0.2) is 0 Å². The Labute approximate surface area is 123 Å². The van der Waals surface area contributed by atoms with E-state index >= 15 is 0 Å². The SMILES string of the molecule is NCCC1=NN(c2ccc(F)cc2)C(c2cccnc2)C1. The van der Waals surface area contributed by atoms with Crippen molar-refractivity contribution in [1.82, 2.24) is 4.98 Å². The van der Waals surface area contributed by atoms with Gasteiger partial charge in [0.25, 0.3) is 0 Å². The molecule has 2 heterocycles. The van der Waals surface area contributed by atoms with Crippen molar-refractivity contribution in [3.05, 3.63) is 60.2 Å². The average Bonchev–Trinajstić information content (AvgIpc) is 2.93. The third-order valence-electron chi connectivity index (χ3n) is 3.57. The Bertz CT molecular complexity index is 624. The number of benzene rings is 1. The van der Waals surface area contributed by atoms with Crippen molar-refractivity contribution in [1.29, 1.82) is 0 Å². The number of nitrogens with two attached hydrogens (primary N) is 1. The maximum atomic E-state index is 13.1. The minimum atomic E-state index is -0.248. The molecule has 2 aromatic rings. The first-order valence-corrected chi connectivity index (χ1v) is 6.99. The third kappa shape index (κ3) is 2.92. The summed E-state index contributed by atoms with van der Waals surface area (Å²) in [5, 5.41) is 6.59. The van der Waals surface area contributed by atoms with Gasteiger partial charge in [0.05, 0.1) is 11.7 Å². The van der Waals surface area contributed by atoms with Gasteiger partial charge in [-0.2, -0.15) is 5.10 Å². The first kappa shape index (κ1) is 13.7. The molecule has 1 aliphatic rings. The van der Waals surface area contributed by atoms with Gasteiger partial charge in [-0.1, -0.05) is 6.07 Å². The number of rotatable bonds is 4. The summed E-state index contributed by atoms with van der Waals surface area (Å²) in [5.74, 6) is -0.248. The van der Waals surface area contributed by atoms with Gasteiger partial charge in [0.1, 0.15) is 5.82 Å². The summed E-state index contributed by atoms with van der Waals surface area (Å²) in [5.41, 5.74) is 8.67. The molecule has 2 N–H and O–H groups in total. The highest BCUT2D eigenvalue weighted by Gasteiger charge is 2.28. The summed E-state index contributed by atoms with van der Waals surface area (Å²) in [6, 6.07) is 10.4. The second-order valence-corrected chi connectivity index (χ2v) is 5.03. The normalized spacial score (nSPS) is 17.9. The lowest BCUT2D eigenvalue weighted by molar-refractivity contribution is 0.626. The van der Waals surface area contributed by atoms with Crippen LogP contribution in [0.15, 0.2) is 53.9 Å². The number of nitrogens with zero attached hydrogens (tertiary/aromatic N) is 3. The second kappa shape index (κ2) is 6.01. The van der Waals surface area contributed by atoms with Crippen molar-refractivity contribution in [2.45, 2.75) is 18.9 Å². The van der Waals surface area contributed by atoms with E-state index in [9.17, 15) is 4.39 Å². The van der Waals surface area contributed by atoms with Gasteiger partial charge in [0.2, 0.25) is 0 Å². The zero-order chi connectivity index (χ0) is 14.7. The molecule has 0 spiro atoms. The van der Waals surface area contributed by atoms with Crippen LogP contribution in [0.2, 0.25) is 0 Å². The fourth-order valence-electron chi connectivity index (χ4n) is 2.55. The minimum Gasteiger partial charge on any atom is -0.330 e. The van der Waals surface area contributed by atoms with Gasteiger partial charge in [-0.3, -0.25) is 9.99 Å². The Hall–Kier alpha value is -2.27. The van der Waals surface area contributed by atoms with Gasteiger partial charge in [0, 0.05) is 24.5 Å². The van der Waals surface area contributed by atoms with E-state index in [-0.39, 0.29) is 11.9 Å². The Morgan fingerprint density at radius 3 is 2.71 bits per heavy atom. The summed E-state index contributed by atoms with van der Waals surface area (Å²) in [7, 11) is 0. The maximum Gasteiger partial charge on any atom is 0.123 e. The quantitative estimate of drug-likeness (QED) is 0.939. The topological polar surface area (TPSA) is 54.5 Å². The summed E-state index contributed by atoms with van der Waals surface area (Å²) in [6.07, 6.45) is 5.19. The van der Waals surface area contributed by atoms with Crippen molar-refractivity contribution < 1.29 is 4.39 Å². The van der Waals surface area contributed by atoms with Gasteiger partial charge in [-0.25, -0.2) is 4.39 Å². The number of pyridine rings is 1. The molecule has 0 aliphatic carbocycles. The van der Waals surface area contributed by atoms with Crippen LogP contribution in [-0.4, -0.2) is 17.2 Å². The molecule has 0 bridgehead atoms. The van der Waals surface area contributed by atoms with E-state index in [0.29, 0.717) is 6.54 Å². The largest absolute Gasteiger partial charge is 0.330 e. The smallest absolute Gasteiger partial charge is 0.123 e. The molecule has 4 nitrogen and oxygen atoms in total. The van der Waals surface area contributed by atoms with Gasteiger partial charge in [-0.05, 0) is 48.9 Å². The van der Waals surface area contributed by atoms with Crippen LogP contribution in [0.1, 0.15) is 24.4 Å². The molecule has 21 heavy (non-hydrogen) atoms. The average molecular weight is 284 g/mol. The highest BCUT2D eigenvalue weighted by Crippen LogP contribution is 2.35. The lowest BCUT2D eigenvalue weighted by atomic mass is 10.0. The Morgan fingerprint density at radius 1 is 1.24 bits per heavy atom. The molecule has 0 fully saturated rings. The first-order chi connectivity index (χ1) is 10.3. The van der Waals surface area contributed by atoms with Crippen LogP contribution >= 0.6 is 0 Å². The number of hydrogen-bond acceptors (Lipinski definition) is 4. The molecule has 0 saturated carbocycles. The van der Waals surface area contributed by atoms with Crippen LogP contribution in [0.4, 0.5) is 10.1 Å². The van der Waals surface area contributed by atoms with Crippen LogP contribution in [0.25, 0.3) is 0 Å². The molecule has 1 unspecified atom stereocenters. The molecule has 0 radical (unpaired) electrons. The molecule has 5 heteroatoms. The summed E-state index contributed by atoms with van der Waals surface area (Å²) in [6.45, 7) is 0.579. The van der Waals surface area contributed by atoms with Crippen molar-refractivity contribution in [2.24, 2.45) is 10.8 Å². The lowest BCUT2D eigenvalue weighted by Crippen LogP contribution is -2.18. The summed E-state index contributed by atoms with van der Waals surface area (Å²) >= 11 is 0. The van der Waals surface area contributed by atoms with Crippen LogP contribution in [-0.2, 0) is 0 Å². The van der Waals surface area contributed by atoms with E-state index in [1.54, 1.807) is 18.3 Å². The Kier molecular flexibility index (Phi) is 3.92. The first-order valence-electron chi connectivity index (χ1n) is 6.99. The maximum absolute atomic E-state index is 13.1. The number of hydrazone groups is 1. The fraction of sp³-hybridized carbons (Fsp3) is 0.250. The monoisotopic (exact) mass is 284 g/mol. The van der Waals surface area contributed by atoms with E-state index in [4.69, 9.17) is 5.73 Å². The Balaban J connectivity index is 1.94. The van der Waals surface area contributed by atoms with Gasteiger partial charge < -0.3 is 5.73 Å². The van der Waals surface area contributed by atoms with Crippen LogP contribution < -0.4 is 10.7 Å². The number of aromatic nitrogens is 1. The van der Waals surface area contributed by atoms with Crippen LogP contribution in [0.5, 0.6) is 0 Å². The third-order valence-corrected chi connectivity index (χ3v) is 3.57. The zero-order valence-corrected chi connectivity index (χ0v) is 11.6.